The molecule has 0 aliphatic carbocycles. The van der Waals surface area contributed by atoms with Crippen molar-refractivity contribution in [1.82, 2.24) is 0 Å². The Balaban J connectivity index is 1.85. The van der Waals surface area contributed by atoms with Crippen LogP contribution in [0.15, 0.2) is 71.7 Å². The smallest absolute Gasteiger partial charge is 0.248 e. The molecule has 1 aliphatic heterocycles. The number of halogens is 2. The van der Waals surface area contributed by atoms with Gasteiger partial charge < -0.3 is 4.90 Å². The van der Waals surface area contributed by atoms with Gasteiger partial charge in [0, 0.05) is 39.3 Å². The molecule has 0 saturated heterocycles. The van der Waals surface area contributed by atoms with Gasteiger partial charge in [0.1, 0.15) is 6.54 Å². The Morgan fingerprint density at radius 2 is 1.66 bits per heavy atom. The first kappa shape index (κ1) is 19.4. The van der Waals surface area contributed by atoms with Gasteiger partial charge in [-0.3, -0.25) is 14.6 Å². The highest BCUT2D eigenvalue weighted by molar-refractivity contribution is 6.31. The molecule has 4 rings (SSSR count). The summed E-state index contributed by atoms with van der Waals surface area (Å²) >= 11 is 12.1. The number of rotatable bonds is 3. The Bertz CT molecular complexity index is 1150. The van der Waals surface area contributed by atoms with Gasteiger partial charge in [0.25, 0.3) is 0 Å². The molecule has 1 aliphatic rings. The zero-order chi connectivity index (χ0) is 20.5. The largest absolute Gasteiger partial charge is 0.313 e. The van der Waals surface area contributed by atoms with Crippen molar-refractivity contribution < 1.29 is 9.59 Å². The summed E-state index contributed by atoms with van der Waals surface area (Å²) in [5.74, 6) is -0.256. The number of likely N-dealkylation sites (N-methyl/N-ethyl adjacent to an activating group) is 1. The number of hydrogen-bond acceptors (Lipinski definition) is 3. The minimum atomic E-state index is -0.131. The number of nitrogens with zero attached hydrogens (tertiary/aromatic N) is 2. The zero-order valence-corrected chi connectivity index (χ0v) is 17.0. The van der Waals surface area contributed by atoms with Crippen molar-refractivity contribution in [3.8, 4) is 0 Å². The molecule has 0 fully saturated rings. The van der Waals surface area contributed by atoms with Crippen LogP contribution in [-0.4, -0.2) is 31.0 Å². The molecule has 3 aromatic rings. The number of carbonyl (C=O) groups excluding carboxylic acids is 2. The number of benzene rings is 3. The lowest BCUT2D eigenvalue weighted by molar-refractivity contribution is -0.116. The van der Waals surface area contributed by atoms with Gasteiger partial charge in [-0.05, 0) is 54.6 Å². The van der Waals surface area contributed by atoms with E-state index in [4.69, 9.17) is 23.2 Å². The van der Waals surface area contributed by atoms with Crippen molar-refractivity contribution in [1.29, 1.82) is 0 Å². The van der Waals surface area contributed by atoms with Crippen LogP contribution in [0.4, 0.5) is 5.69 Å². The van der Waals surface area contributed by atoms with Crippen molar-refractivity contribution >= 4 is 46.3 Å². The summed E-state index contributed by atoms with van der Waals surface area (Å²) in [6, 6.07) is 19.3. The second-order valence-electron chi connectivity index (χ2n) is 6.70. The number of anilines is 1. The average molecular weight is 423 g/mol. The van der Waals surface area contributed by atoms with Crippen LogP contribution < -0.4 is 4.90 Å². The Hall–Kier alpha value is -2.95. The van der Waals surface area contributed by atoms with Crippen molar-refractivity contribution in [2.45, 2.75) is 0 Å². The van der Waals surface area contributed by atoms with E-state index in [2.05, 4.69) is 4.99 Å². The fraction of sp³-hybridized carbons (Fsp3) is 0.0870. The first-order chi connectivity index (χ1) is 13.9. The molecule has 0 unspecified atom stereocenters. The van der Waals surface area contributed by atoms with Crippen LogP contribution in [0.25, 0.3) is 0 Å². The molecule has 0 saturated carbocycles. The second-order valence-corrected chi connectivity index (χ2v) is 7.57. The summed E-state index contributed by atoms with van der Waals surface area (Å²) in [6.45, 7) is 0.0213. The highest BCUT2D eigenvalue weighted by Gasteiger charge is 2.24. The quantitative estimate of drug-likeness (QED) is 0.555. The van der Waals surface area contributed by atoms with E-state index in [0.717, 1.165) is 5.56 Å². The zero-order valence-electron chi connectivity index (χ0n) is 15.5. The number of benzodiazepines with no additional fused rings is 1. The average Bonchev–Trinajstić information content (AvgIpc) is 2.85. The minimum Gasteiger partial charge on any atom is -0.313 e. The van der Waals surface area contributed by atoms with E-state index in [-0.39, 0.29) is 18.2 Å². The van der Waals surface area contributed by atoms with E-state index in [1.807, 2.05) is 12.1 Å². The fourth-order valence-electron chi connectivity index (χ4n) is 3.28. The van der Waals surface area contributed by atoms with Crippen molar-refractivity contribution in [2.24, 2.45) is 4.99 Å². The molecule has 0 spiro atoms. The maximum Gasteiger partial charge on any atom is 0.248 e. The van der Waals surface area contributed by atoms with E-state index in [0.29, 0.717) is 38.1 Å². The maximum atomic E-state index is 13.0. The highest BCUT2D eigenvalue weighted by Crippen LogP contribution is 2.29. The monoisotopic (exact) mass is 422 g/mol. The molecule has 0 N–H and O–H groups in total. The first-order valence-corrected chi connectivity index (χ1v) is 9.71. The lowest BCUT2D eigenvalue weighted by Crippen LogP contribution is -2.27. The van der Waals surface area contributed by atoms with Crippen LogP contribution in [0.3, 0.4) is 0 Å². The van der Waals surface area contributed by atoms with Gasteiger partial charge in [-0.15, -0.1) is 0 Å². The van der Waals surface area contributed by atoms with Crippen LogP contribution in [0.5, 0.6) is 0 Å². The third-order valence-corrected chi connectivity index (χ3v) is 5.31. The summed E-state index contributed by atoms with van der Waals surface area (Å²) in [6.07, 6.45) is 0. The Morgan fingerprint density at radius 3 is 2.38 bits per heavy atom. The molecule has 0 radical (unpaired) electrons. The highest BCUT2D eigenvalue weighted by atomic mass is 35.5. The third-order valence-electron chi connectivity index (χ3n) is 4.83. The molecular weight excluding hydrogens is 407 g/mol. The van der Waals surface area contributed by atoms with Gasteiger partial charge in [-0.1, -0.05) is 35.3 Å². The van der Waals surface area contributed by atoms with E-state index in [1.165, 1.54) is 0 Å². The molecular formula is C23H16Cl2N2O2. The Kier molecular flexibility index (Phi) is 5.22. The minimum absolute atomic E-state index is 0.0213. The van der Waals surface area contributed by atoms with Crippen molar-refractivity contribution in [3.63, 3.8) is 0 Å². The standard InChI is InChI=1S/C23H16Cl2N2O2/c1-27-20-10-7-16(23(29)14-5-8-17(24)9-6-14)12-19(20)22(26-13-21(27)28)15-3-2-4-18(25)11-15/h2-12H,13H2,1H3. The van der Waals surface area contributed by atoms with Crippen LogP contribution in [0, 0.1) is 0 Å². The SMILES string of the molecule is CN1C(=O)CN=C(c2cccc(Cl)c2)c2cc(C(=O)c3ccc(Cl)cc3)ccc21. The van der Waals surface area contributed by atoms with Crippen LogP contribution in [-0.2, 0) is 4.79 Å². The molecule has 1 heterocycles. The van der Waals surface area contributed by atoms with Crippen LogP contribution in [0.1, 0.15) is 27.0 Å². The lowest BCUT2D eigenvalue weighted by atomic mass is 9.95. The van der Waals surface area contributed by atoms with Crippen molar-refractivity contribution in [3.05, 3.63) is 99.0 Å². The molecule has 3 aromatic carbocycles. The molecule has 29 heavy (non-hydrogen) atoms. The van der Waals surface area contributed by atoms with E-state index in [1.54, 1.807) is 66.5 Å². The van der Waals surface area contributed by atoms with Gasteiger partial charge in [-0.2, -0.15) is 0 Å². The number of amides is 1. The van der Waals surface area contributed by atoms with Gasteiger partial charge in [0.15, 0.2) is 5.78 Å². The van der Waals surface area contributed by atoms with Gasteiger partial charge in [0.05, 0.1) is 11.4 Å². The molecule has 0 aromatic heterocycles. The first-order valence-electron chi connectivity index (χ1n) is 8.95. The van der Waals surface area contributed by atoms with Crippen LogP contribution in [0.2, 0.25) is 10.0 Å². The van der Waals surface area contributed by atoms with E-state index in [9.17, 15) is 9.59 Å². The van der Waals surface area contributed by atoms with Gasteiger partial charge >= 0.3 is 0 Å². The number of carbonyl (C=O) groups is 2. The summed E-state index contributed by atoms with van der Waals surface area (Å²) in [5.41, 5.74) is 3.86. The molecule has 6 heteroatoms. The summed E-state index contributed by atoms with van der Waals surface area (Å²) in [7, 11) is 1.71. The lowest BCUT2D eigenvalue weighted by Gasteiger charge is -2.19. The summed E-state index contributed by atoms with van der Waals surface area (Å²) < 4.78 is 0. The third kappa shape index (κ3) is 3.82. The maximum absolute atomic E-state index is 13.0. The molecule has 0 bridgehead atoms. The van der Waals surface area contributed by atoms with Gasteiger partial charge in [-0.25, -0.2) is 0 Å². The predicted octanol–water partition coefficient (Wildman–Crippen LogP) is 5.04. The molecule has 144 valence electrons. The molecule has 0 atom stereocenters. The topological polar surface area (TPSA) is 49.7 Å². The number of fused-ring (bicyclic) bond motifs is 1. The fourth-order valence-corrected chi connectivity index (χ4v) is 3.60. The Labute approximate surface area is 178 Å². The second kappa shape index (κ2) is 7.82. The van der Waals surface area contributed by atoms with Crippen molar-refractivity contribution in [2.75, 3.05) is 18.5 Å². The normalized spacial score (nSPS) is 13.6. The number of aliphatic imine (C=N–C) groups is 1. The number of hydrogen-bond donors (Lipinski definition) is 0. The Morgan fingerprint density at radius 1 is 0.931 bits per heavy atom. The van der Waals surface area contributed by atoms with Crippen LogP contribution >= 0.6 is 23.2 Å². The predicted molar refractivity (Wildman–Crippen MR) is 117 cm³/mol. The summed E-state index contributed by atoms with van der Waals surface area (Å²) in [4.78, 5) is 31.5. The summed E-state index contributed by atoms with van der Waals surface area (Å²) in [5, 5.41) is 1.14. The molecule has 4 nitrogen and oxygen atoms in total. The van der Waals surface area contributed by atoms with E-state index < -0.39 is 0 Å². The molecule has 1 amide bonds. The van der Waals surface area contributed by atoms with Gasteiger partial charge in [0.2, 0.25) is 5.91 Å². The number of ketones is 1. The van der Waals surface area contributed by atoms with E-state index >= 15 is 0 Å².